The van der Waals surface area contributed by atoms with Crippen LogP contribution in [0.15, 0.2) is 11.0 Å². The first kappa shape index (κ1) is 17.0. The normalized spacial score (nSPS) is 21.6. The van der Waals surface area contributed by atoms with Crippen LogP contribution in [0.25, 0.3) is 0 Å². The molecule has 2 aromatic rings. The summed E-state index contributed by atoms with van der Waals surface area (Å²) in [6.07, 6.45) is 5.53. The third-order valence-corrected chi connectivity index (χ3v) is 5.84. The molecule has 0 saturated carbocycles. The molecule has 1 N–H and O–H groups in total. The Labute approximate surface area is 152 Å². The van der Waals surface area contributed by atoms with Gasteiger partial charge in [0, 0.05) is 49.1 Å². The maximum Gasteiger partial charge on any atom is 0.257 e. The molecule has 2 atom stereocenters. The Kier molecular flexibility index (Phi) is 4.17. The Bertz CT molecular complexity index is 913. The SMILES string of the molecule is CCc1nc2c(c(=O)[nH]1)C[C@H]1CC[C@@H](C2)N1C(=O)c1cnn(CC)c1C. The van der Waals surface area contributed by atoms with Crippen molar-refractivity contribution in [3.05, 3.63) is 44.9 Å². The number of carbonyl (C=O) groups is 1. The first-order valence-electron chi connectivity index (χ1n) is 9.49. The Morgan fingerprint density at radius 3 is 2.65 bits per heavy atom. The zero-order valence-electron chi connectivity index (χ0n) is 15.6. The zero-order valence-corrected chi connectivity index (χ0v) is 15.6. The van der Waals surface area contributed by atoms with E-state index in [-0.39, 0.29) is 23.6 Å². The van der Waals surface area contributed by atoms with Crippen LogP contribution < -0.4 is 5.56 Å². The van der Waals surface area contributed by atoms with Crippen LogP contribution in [-0.2, 0) is 25.8 Å². The highest BCUT2D eigenvalue weighted by Gasteiger charge is 2.41. The summed E-state index contributed by atoms with van der Waals surface area (Å²) in [5.74, 6) is 0.763. The number of carbonyl (C=O) groups excluding carboxylic acids is 1. The minimum absolute atomic E-state index is 0.0367. The van der Waals surface area contributed by atoms with Gasteiger partial charge in [-0.15, -0.1) is 0 Å². The fourth-order valence-electron chi connectivity index (χ4n) is 4.41. The van der Waals surface area contributed by atoms with Gasteiger partial charge >= 0.3 is 0 Å². The summed E-state index contributed by atoms with van der Waals surface area (Å²) in [6.45, 7) is 6.69. The maximum atomic E-state index is 13.3. The van der Waals surface area contributed by atoms with E-state index in [1.54, 1.807) is 6.20 Å². The van der Waals surface area contributed by atoms with Crippen LogP contribution in [0, 0.1) is 6.92 Å². The monoisotopic (exact) mass is 355 g/mol. The van der Waals surface area contributed by atoms with Crippen LogP contribution in [-0.4, -0.2) is 42.6 Å². The van der Waals surface area contributed by atoms with Crippen LogP contribution in [0.5, 0.6) is 0 Å². The van der Waals surface area contributed by atoms with E-state index in [2.05, 4.69) is 15.1 Å². The minimum Gasteiger partial charge on any atom is -0.332 e. The van der Waals surface area contributed by atoms with Gasteiger partial charge in [0.25, 0.3) is 11.5 Å². The van der Waals surface area contributed by atoms with Gasteiger partial charge in [-0.25, -0.2) is 4.98 Å². The predicted octanol–water partition coefficient (Wildman–Crippen LogP) is 1.63. The van der Waals surface area contributed by atoms with Gasteiger partial charge < -0.3 is 9.88 Å². The topological polar surface area (TPSA) is 83.9 Å². The Morgan fingerprint density at radius 2 is 2.00 bits per heavy atom. The average Bonchev–Trinajstić information content (AvgIpc) is 3.13. The lowest BCUT2D eigenvalue weighted by Crippen LogP contribution is -2.42. The molecule has 4 heterocycles. The molecule has 7 heteroatoms. The van der Waals surface area contributed by atoms with Gasteiger partial charge in [0.05, 0.1) is 17.5 Å². The minimum atomic E-state index is -0.0400. The maximum absolute atomic E-state index is 13.3. The highest BCUT2D eigenvalue weighted by molar-refractivity contribution is 5.95. The van der Waals surface area contributed by atoms with Gasteiger partial charge in [-0.2, -0.15) is 5.10 Å². The summed E-state index contributed by atoms with van der Waals surface area (Å²) in [5, 5.41) is 4.32. The number of amides is 1. The molecule has 1 fully saturated rings. The molecule has 1 saturated heterocycles. The molecule has 2 bridgehead atoms. The molecular formula is C19H25N5O2. The zero-order chi connectivity index (χ0) is 18.4. The summed E-state index contributed by atoms with van der Waals surface area (Å²) in [7, 11) is 0. The van der Waals surface area contributed by atoms with Crippen molar-refractivity contribution in [3.8, 4) is 0 Å². The second kappa shape index (κ2) is 6.37. The van der Waals surface area contributed by atoms with Crippen molar-refractivity contribution >= 4 is 5.91 Å². The number of aromatic nitrogens is 4. The molecule has 0 radical (unpaired) electrons. The van der Waals surface area contributed by atoms with Crippen molar-refractivity contribution in [2.75, 3.05) is 0 Å². The lowest BCUT2D eigenvalue weighted by Gasteiger charge is -2.28. The number of hydrogen-bond donors (Lipinski definition) is 1. The molecule has 1 amide bonds. The van der Waals surface area contributed by atoms with Crippen molar-refractivity contribution < 1.29 is 4.79 Å². The van der Waals surface area contributed by atoms with Gasteiger partial charge in [0.1, 0.15) is 5.82 Å². The number of aromatic amines is 1. The first-order valence-corrected chi connectivity index (χ1v) is 9.49. The Hall–Kier alpha value is -2.44. The fraction of sp³-hybridized carbons (Fsp3) is 0.579. The molecule has 0 unspecified atom stereocenters. The summed E-state index contributed by atoms with van der Waals surface area (Å²) in [4.78, 5) is 35.3. The van der Waals surface area contributed by atoms with E-state index in [4.69, 9.17) is 0 Å². The van der Waals surface area contributed by atoms with Crippen LogP contribution in [0.1, 0.15) is 59.8 Å². The van der Waals surface area contributed by atoms with Crippen molar-refractivity contribution in [3.63, 3.8) is 0 Å². The van der Waals surface area contributed by atoms with Crippen LogP contribution in [0.2, 0.25) is 0 Å². The molecule has 2 aliphatic heterocycles. The molecule has 7 nitrogen and oxygen atoms in total. The molecule has 0 spiro atoms. The van der Waals surface area contributed by atoms with Gasteiger partial charge in [0.2, 0.25) is 0 Å². The number of H-pyrrole nitrogens is 1. The number of nitrogens with one attached hydrogen (secondary N) is 1. The van der Waals surface area contributed by atoms with Crippen LogP contribution >= 0.6 is 0 Å². The van der Waals surface area contributed by atoms with E-state index in [9.17, 15) is 9.59 Å². The quantitative estimate of drug-likeness (QED) is 0.907. The number of aryl methyl sites for hydroxylation is 2. The van der Waals surface area contributed by atoms with E-state index in [1.807, 2.05) is 30.4 Å². The number of hydrogen-bond acceptors (Lipinski definition) is 4. The highest BCUT2D eigenvalue weighted by atomic mass is 16.2. The Morgan fingerprint density at radius 1 is 1.27 bits per heavy atom. The van der Waals surface area contributed by atoms with Gasteiger partial charge in [-0.1, -0.05) is 6.92 Å². The molecule has 2 aliphatic rings. The van der Waals surface area contributed by atoms with E-state index < -0.39 is 0 Å². The summed E-state index contributed by atoms with van der Waals surface area (Å²) < 4.78 is 1.85. The third-order valence-electron chi connectivity index (χ3n) is 5.84. The lowest BCUT2D eigenvalue weighted by molar-refractivity contribution is 0.0672. The van der Waals surface area contributed by atoms with Crippen molar-refractivity contribution in [2.24, 2.45) is 0 Å². The summed E-state index contributed by atoms with van der Waals surface area (Å²) in [6, 6.07) is 0.172. The van der Waals surface area contributed by atoms with Gasteiger partial charge in [0.15, 0.2) is 0 Å². The smallest absolute Gasteiger partial charge is 0.257 e. The van der Waals surface area contributed by atoms with Crippen LogP contribution in [0.3, 0.4) is 0 Å². The molecule has 26 heavy (non-hydrogen) atoms. The predicted molar refractivity (Wildman–Crippen MR) is 97.3 cm³/mol. The van der Waals surface area contributed by atoms with E-state index in [1.165, 1.54) is 0 Å². The van der Waals surface area contributed by atoms with Crippen LogP contribution in [0.4, 0.5) is 0 Å². The number of nitrogens with zero attached hydrogens (tertiary/aromatic N) is 4. The molecule has 4 rings (SSSR count). The van der Waals surface area contributed by atoms with Crippen molar-refractivity contribution in [1.29, 1.82) is 0 Å². The van der Waals surface area contributed by atoms with Crippen molar-refractivity contribution in [1.82, 2.24) is 24.6 Å². The second-order valence-electron chi connectivity index (χ2n) is 7.26. The van der Waals surface area contributed by atoms with Gasteiger partial charge in [-0.05, 0) is 26.7 Å². The molecule has 2 aromatic heterocycles. The molecule has 138 valence electrons. The largest absolute Gasteiger partial charge is 0.332 e. The molecular weight excluding hydrogens is 330 g/mol. The first-order chi connectivity index (χ1) is 12.5. The second-order valence-corrected chi connectivity index (χ2v) is 7.26. The standard InChI is InChI=1S/C19H25N5O2/c1-4-17-21-16-9-13-7-6-12(8-14(16)18(25)22-17)24(13)19(26)15-10-20-23(5-2)11(15)3/h10,12-13H,4-9H2,1-3H3,(H,21,22,25)/t12-,13+/m1/s1. The number of rotatable bonds is 3. The molecule has 0 aromatic carbocycles. The van der Waals surface area contributed by atoms with E-state index in [0.29, 0.717) is 24.8 Å². The average molecular weight is 355 g/mol. The van der Waals surface area contributed by atoms with E-state index >= 15 is 0 Å². The summed E-state index contributed by atoms with van der Waals surface area (Å²) >= 11 is 0. The lowest BCUT2D eigenvalue weighted by atomic mass is 9.98. The van der Waals surface area contributed by atoms with Crippen molar-refractivity contribution in [2.45, 2.75) is 71.5 Å². The molecule has 0 aliphatic carbocycles. The summed E-state index contributed by atoms with van der Waals surface area (Å²) in [5.41, 5.74) is 3.17. The number of fused-ring (bicyclic) bond motifs is 3. The third kappa shape index (κ3) is 2.57. The van der Waals surface area contributed by atoms with Gasteiger partial charge in [-0.3, -0.25) is 14.3 Å². The Balaban J connectivity index is 1.70. The highest BCUT2D eigenvalue weighted by Crippen LogP contribution is 2.34. The van der Waals surface area contributed by atoms with E-state index in [0.717, 1.165) is 42.2 Å². The fourth-order valence-corrected chi connectivity index (χ4v) is 4.41.